The molecule has 114 valence electrons. The normalized spacial score (nSPS) is 28.3. The number of alkyl halides is 3. The number of rotatable bonds is 3. The first-order valence-corrected chi connectivity index (χ1v) is 7.00. The molecule has 3 rings (SSSR count). The molecule has 21 heavy (non-hydrogen) atoms. The van der Waals surface area contributed by atoms with Crippen LogP contribution in [0.2, 0.25) is 0 Å². The van der Waals surface area contributed by atoms with Gasteiger partial charge in [-0.2, -0.15) is 13.2 Å². The maximum Gasteiger partial charge on any atom is 0.416 e. The van der Waals surface area contributed by atoms with Gasteiger partial charge in [-0.3, -0.25) is 4.79 Å². The quantitative estimate of drug-likeness (QED) is 0.897. The second-order valence-corrected chi connectivity index (χ2v) is 5.76. The Hall–Kier alpha value is -1.56. The molecule has 0 radical (unpaired) electrons. The fourth-order valence-corrected chi connectivity index (χ4v) is 3.35. The number of aryl methyl sites for hydroxylation is 1. The number of carbonyl (C=O) groups excluding carboxylic acids is 1. The van der Waals surface area contributed by atoms with Crippen molar-refractivity contribution in [3.8, 4) is 0 Å². The highest BCUT2D eigenvalue weighted by Crippen LogP contribution is 2.59. The van der Waals surface area contributed by atoms with Crippen molar-refractivity contribution in [2.24, 2.45) is 11.8 Å². The fourth-order valence-electron chi connectivity index (χ4n) is 3.35. The van der Waals surface area contributed by atoms with Gasteiger partial charge in [-0.1, -0.05) is 24.3 Å². The van der Waals surface area contributed by atoms with E-state index in [1.807, 2.05) is 24.3 Å². The van der Waals surface area contributed by atoms with E-state index in [1.54, 1.807) is 0 Å². The molecule has 1 amide bonds. The molecule has 2 aliphatic rings. The predicted molar refractivity (Wildman–Crippen MR) is 69.6 cm³/mol. The summed E-state index contributed by atoms with van der Waals surface area (Å²) in [5, 5.41) is 11.1. The van der Waals surface area contributed by atoms with Crippen LogP contribution in [0, 0.1) is 11.8 Å². The fraction of sp³-hybridized carbons (Fsp3) is 0.533. The van der Waals surface area contributed by atoms with Gasteiger partial charge in [-0.15, -0.1) is 0 Å². The lowest BCUT2D eigenvalue weighted by atomic mass is 9.92. The van der Waals surface area contributed by atoms with Gasteiger partial charge in [0.05, 0.1) is 6.54 Å². The van der Waals surface area contributed by atoms with Crippen LogP contribution in [-0.4, -0.2) is 29.8 Å². The van der Waals surface area contributed by atoms with Crippen molar-refractivity contribution in [2.45, 2.75) is 31.0 Å². The molecule has 0 aromatic heterocycles. The van der Waals surface area contributed by atoms with Crippen LogP contribution in [0.15, 0.2) is 24.3 Å². The maximum atomic E-state index is 12.2. The Morgan fingerprint density at radius 2 is 2.10 bits per heavy atom. The summed E-state index contributed by atoms with van der Waals surface area (Å²) in [6.45, 7) is -0.778. The second kappa shape index (κ2) is 5.02. The number of halogens is 3. The van der Waals surface area contributed by atoms with Gasteiger partial charge in [0.15, 0.2) is 6.10 Å². The Kier molecular flexibility index (Phi) is 3.43. The highest BCUT2D eigenvalue weighted by atomic mass is 19.4. The highest BCUT2D eigenvalue weighted by molar-refractivity contribution is 5.84. The Balaban J connectivity index is 1.62. The lowest BCUT2D eigenvalue weighted by Crippen LogP contribution is -2.41. The van der Waals surface area contributed by atoms with E-state index in [0.717, 1.165) is 18.4 Å². The summed E-state index contributed by atoms with van der Waals surface area (Å²) in [6.07, 6.45) is -5.40. The van der Waals surface area contributed by atoms with Crippen molar-refractivity contribution < 1.29 is 23.1 Å². The van der Waals surface area contributed by atoms with Crippen LogP contribution < -0.4 is 5.32 Å². The summed E-state index contributed by atoms with van der Waals surface area (Å²) in [6, 6.07) is 7.90. The molecule has 0 bridgehead atoms. The van der Waals surface area contributed by atoms with Crippen LogP contribution in [0.3, 0.4) is 0 Å². The average Bonchev–Trinajstić information content (AvgIpc) is 3.18. The Labute approximate surface area is 120 Å². The third-order valence-corrected chi connectivity index (χ3v) is 4.48. The van der Waals surface area contributed by atoms with E-state index >= 15 is 0 Å². The highest BCUT2D eigenvalue weighted by Gasteiger charge is 2.57. The number of aliphatic hydroxyl groups is 1. The van der Waals surface area contributed by atoms with Gasteiger partial charge >= 0.3 is 6.18 Å². The topological polar surface area (TPSA) is 49.3 Å². The monoisotopic (exact) mass is 299 g/mol. The molecule has 0 spiro atoms. The summed E-state index contributed by atoms with van der Waals surface area (Å²) in [7, 11) is 0. The second-order valence-electron chi connectivity index (χ2n) is 5.76. The summed E-state index contributed by atoms with van der Waals surface area (Å²) < 4.78 is 36.6. The largest absolute Gasteiger partial charge is 0.416 e. The van der Waals surface area contributed by atoms with E-state index < -0.39 is 18.8 Å². The molecule has 1 fully saturated rings. The molecular weight excluding hydrogens is 283 g/mol. The first-order chi connectivity index (χ1) is 9.89. The predicted octanol–water partition coefficient (Wildman–Crippen LogP) is 2.00. The molecule has 6 heteroatoms. The SMILES string of the molecule is O=C(NCC(O)C(F)(F)F)C1C2CCc3ccccc3C21. The molecular formula is C15H16F3NO2. The molecule has 3 nitrogen and oxygen atoms in total. The third-order valence-electron chi connectivity index (χ3n) is 4.48. The van der Waals surface area contributed by atoms with Gasteiger partial charge < -0.3 is 10.4 Å². The minimum atomic E-state index is -4.70. The Morgan fingerprint density at radius 1 is 1.38 bits per heavy atom. The molecule has 1 saturated carbocycles. The smallest absolute Gasteiger partial charge is 0.382 e. The van der Waals surface area contributed by atoms with E-state index in [9.17, 15) is 18.0 Å². The molecule has 1 aromatic rings. The van der Waals surface area contributed by atoms with Crippen LogP contribution in [0.5, 0.6) is 0 Å². The van der Waals surface area contributed by atoms with Gasteiger partial charge in [-0.25, -0.2) is 0 Å². The maximum absolute atomic E-state index is 12.2. The zero-order valence-corrected chi connectivity index (χ0v) is 11.2. The summed E-state index contributed by atoms with van der Waals surface area (Å²) in [5.74, 6) is -0.292. The summed E-state index contributed by atoms with van der Waals surface area (Å²) >= 11 is 0. The number of carbonyl (C=O) groups is 1. The van der Waals surface area contributed by atoms with E-state index in [-0.39, 0.29) is 23.7 Å². The summed E-state index contributed by atoms with van der Waals surface area (Å²) in [5.41, 5.74) is 2.37. The number of fused-ring (bicyclic) bond motifs is 3. The van der Waals surface area contributed by atoms with Crippen molar-refractivity contribution in [1.29, 1.82) is 0 Å². The van der Waals surface area contributed by atoms with Crippen molar-refractivity contribution in [3.05, 3.63) is 35.4 Å². The lowest BCUT2D eigenvalue weighted by molar-refractivity contribution is -0.201. The number of hydrogen-bond acceptors (Lipinski definition) is 2. The molecule has 0 heterocycles. The van der Waals surface area contributed by atoms with Gasteiger partial charge in [0, 0.05) is 5.92 Å². The van der Waals surface area contributed by atoms with Crippen molar-refractivity contribution in [3.63, 3.8) is 0 Å². The molecule has 4 atom stereocenters. The minimum Gasteiger partial charge on any atom is -0.382 e. The van der Waals surface area contributed by atoms with Crippen molar-refractivity contribution in [1.82, 2.24) is 5.32 Å². The minimum absolute atomic E-state index is 0.123. The summed E-state index contributed by atoms with van der Waals surface area (Å²) in [4.78, 5) is 12.0. The standard InChI is InChI=1S/C15H16F3NO2/c16-15(17,18)11(20)7-19-14(21)13-10-6-5-8-3-1-2-4-9(8)12(10)13/h1-4,10-13,20H,5-7H2,(H,19,21). The van der Waals surface area contributed by atoms with Gasteiger partial charge in [0.2, 0.25) is 5.91 Å². The molecule has 0 saturated heterocycles. The lowest BCUT2D eigenvalue weighted by Gasteiger charge is -2.15. The van der Waals surface area contributed by atoms with Crippen LogP contribution in [0.1, 0.15) is 23.5 Å². The molecule has 0 aliphatic heterocycles. The van der Waals surface area contributed by atoms with Crippen molar-refractivity contribution in [2.75, 3.05) is 6.54 Å². The van der Waals surface area contributed by atoms with Gasteiger partial charge in [0.25, 0.3) is 0 Å². The van der Waals surface area contributed by atoms with E-state index in [1.165, 1.54) is 5.56 Å². The van der Waals surface area contributed by atoms with Crippen LogP contribution in [-0.2, 0) is 11.2 Å². The third kappa shape index (κ3) is 2.64. The molecule has 4 unspecified atom stereocenters. The van der Waals surface area contributed by atoms with Gasteiger partial charge in [-0.05, 0) is 35.8 Å². The number of nitrogens with one attached hydrogen (secondary N) is 1. The number of hydrogen-bond donors (Lipinski definition) is 2. The van der Waals surface area contributed by atoms with E-state index in [4.69, 9.17) is 5.11 Å². The van der Waals surface area contributed by atoms with Gasteiger partial charge in [0.1, 0.15) is 0 Å². The Morgan fingerprint density at radius 3 is 2.81 bits per heavy atom. The molecule has 2 aliphatic carbocycles. The first-order valence-electron chi connectivity index (χ1n) is 7.00. The first kappa shape index (κ1) is 14.4. The zero-order chi connectivity index (χ0) is 15.2. The van der Waals surface area contributed by atoms with E-state index in [0.29, 0.717) is 0 Å². The zero-order valence-electron chi connectivity index (χ0n) is 11.2. The van der Waals surface area contributed by atoms with E-state index in [2.05, 4.69) is 5.32 Å². The molecule has 2 N–H and O–H groups in total. The number of benzene rings is 1. The van der Waals surface area contributed by atoms with Crippen molar-refractivity contribution >= 4 is 5.91 Å². The van der Waals surface area contributed by atoms with Crippen LogP contribution in [0.25, 0.3) is 0 Å². The number of amides is 1. The average molecular weight is 299 g/mol. The number of aliphatic hydroxyl groups excluding tert-OH is 1. The molecule has 1 aromatic carbocycles. The van der Waals surface area contributed by atoms with Crippen LogP contribution in [0.4, 0.5) is 13.2 Å². The Bertz CT molecular complexity index is 558. The van der Waals surface area contributed by atoms with Crippen LogP contribution >= 0.6 is 0 Å².